The first-order chi connectivity index (χ1) is 10.7. The minimum absolute atomic E-state index is 0.817. The molecule has 0 aromatic heterocycles. The predicted molar refractivity (Wildman–Crippen MR) is 94.1 cm³/mol. The van der Waals surface area contributed by atoms with Gasteiger partial charge in [-0.05, 0) is 59.7 Å². The molecule has 0 aliphatic carbocycles. The lowest BCUT2D eigenvalue weighted by Crippen LogP contribution is -1.93. The Hall–Kier alpha value is -2.54. The van der Waals surface area contributed by atoms with Crippen LogP contribution in [0.3, 0.4) is 0 Å². The number of benzene rings is 3. The van der Waals surface area contributed by atoms with Gasteiger partial charge in [0.05, 0.1) is 0 Å². The second kappa shape index (κ2) is 6.48. The summed E-state index contributed by atoms with van der Waals surface area (Å²) in [5.74, 6) is 0. The largest absolute Gasteiger partial charge is 0.399 e. The van der Waals surface area contributed by atoms with Gasteiger partial charge in [0.2, 0.25) is 0 Å². The van der Waals surface area contributed by atoms with Gasteiger partial charge in [0.1, 0.15) is 0 Å². The van der Waals surface area contributed by atoms with E-state index in [1.54, 1.807) is 0 Å². The molecule has 0 aliphatic heterocycles. The maximum atomic E-state index is 5.73. The first-order valence-electron chi connectivity index (χ1n) is 7.67. The number of anilines is 1. The molecule has 0 heterocycles. The molecule has 3 aromatic carbocycles. The number of nitrogen functional groups attached to an aromatic ring is 1. The summed E-state index contributed by atoms with van der Waals surface area (Å²) in [7, 11) is 0. The lowest BCUT2D eigenvalue weighted by Gasteiger charge is -2.07. The maximum absolute atomic E-state index is 5.73. The third kappa shape index (κ3) is 3.56. The van der Waals surface area contributed by atoms with Crippen molar-refractivity contribution in [1.29, 1.82) is 0 Å². The molecule has 0 saturated heterocycles. The maximum Gasteiger partial charge on any atom is 0.0314 e. The second-order valence-electron chi connectivity index (χ2n) is 5.84. The molecule has 0 radical (unpaired) electrons. The number of aryl methyl sites for hydroxylation is 1. The minimum atomic E-state index is 0.817. The Labute approximate surface area is 132 Å². The van der Waals surface area contributed by atoms with Crippen molar-refractivity contribution >= 4 is 5.69 Å². The standard InChI is InChI=1S/C21H21N/c1-16-4-2-3-5-20(16)15-19-8-6-17(7-9-19)14-18-10-12-21(22)13-11-18/h2-13H,14-15,22H2,1H3. The minimum Gasteiger partial charge on any atom is -0.399 e. The number of rotatable bonds is 4. The fourth-order valence-corrected chi connectivity index (χ4v) is 2.67. The highest BCUT2D eigenvalue weighted by atomic mass is 14.5. The van der Waals surface area contributed by atoms with Gasteiger partial charge in [-0.2, -0.15) is 0 Å². The Morgan fingerprint density at radius 3 is 1.73 bits per heavy atom. The molecule has 0 aliphatic rings. The molecule has 0 unspecified atom stereocenters. The van der Waals surface area contributed by atoms with Gasteiger partial charge in [0, 0.05) is 5.69 Å². The average molecular weight is 287 g/mol. The average Bonchev–Trinajstić information content (AvgIpc) is 2.54. The van der Waals surface area contributed by atoms with E-state index in [-0.39, 0.29) is 0 Å². The zero-order valence-electron chi connectivity index (χ0n) is 12.9. The summed E-state index contributed by atoms with van der Waals surface area (Å²) in [6.45, 7) is 2.17. The van der Waals surface area contributed by atoms with E-state index in [9.17, 15) is 0 Å². The van der Waals surface area contributed by atoms with E-state index in [4.69, 9.17) is 5.73 Å². The highest BCUT2D eigenvalue weighted by molar-refractivity contribution is 5.41. The van der Waals surface area contributed by atoms with Gasteiger partial charge >= 0.3 is 0 Å². The molecule has 1 nitrogen and oxygen atoms in total. The Balaban J connectivity index is 1.70. The lowest BCUT2D eigenvalue weighted by atomic mass is 9.98. The van der Waals surface area contributed by atoms with Crippen molar-refractivity contribution in [3.63, 3.8) is 0 Å². The normalized spacial score (nSPS) is 10.6. The number of nitrogens with two attached hydrogens (primary N) is 1. The molecule has 3 aromatic rings. The quantitative estimate of drug-likeness (QED) is 0.688. The van der Waals surface area contributed by atoms with Crippen LogP contribution in [0.25, 0.3) is 0 Å². The van der Waals surface area contributed by atoms with Crippen molar-refractivity contribution in [2.75, 3.05) is 5.73 Å². The number of hydrogen-bond acceptors (Lipinski definition) is 1. The molecule has 22 heavy (non-hydrogen) atoms. The third-order valence-corrected chi connectivity index (χ3v) is 4.07. The van der Waals surface area contributed by atoms with E-state index in [2.05, 4.69) is 67.6 Å². The van der Waals surface area contributed by atoms with Crippen LogP contribution in [0.1, 0.15) is 27.8 Å². The molecular formula is C21H21N. The molecule has 0 atom stereocenters. The summed E-state index contributed by atoms with van der Waals surface area (Å²) in [6.07, 6.45) is 1.94. The molecule has 0 amide bonds. The van der Waals surface area contributed by atoms with Crippen molar-refractivity contribution in [3.8, 4) is 0 Å². The van der Waals surface area contributed by atoms with Crippen LogP contribution in [0.4, 0.5) is 5.69 Å². The molecule has 0 fully saturated rings. The van der Waals surface area contributed by atoms with Crippen molar-refractivity contribution in [1.82, 2.24) is 0 Å². The van der Waals surface area contributed by atoms with Gasteiger partial charge in [0.15, 0.2) is 0 Å². The van der Waals surface area contributed by atoms with Crippen molar-refractivity contribution < 1.29 is 0 Å². The second-order valence-corrected chi connectivity index (χ2v) is 5.84. The molecule has 0 saturated carbocycles. The Morgan fingerprint density at radius 2 is 1.14 bits per heavy atom. The van der Waals surface area contributed by atoms with Crippen LogP contribution in [0.15, 0.2) is 72.8 Å². The van der Waals surface area contributed by atoms with E-state index < -0.39 is 0 Å². The Bertz CT molecular complexity index is 740. The topological polar surface area (TPSA) is 26.0 Å². The third-order valence-electron chi connectivity index (χ3n) is 4.07. The molecule has 3 rings (SSSR count). The van der Waals surface area contributed by atoms with Crippen LogP contribution in [-0.4, -0.2) is 0 Å². The van der Waals surface area contributed by atoms with Gasteiger partial charge in [-0.1, -0.05) is 60.7 Å². The fraction of sp³-hybridized carbons (Fsp3) is 0.143. The highest BCUT2D eigenvalue weighted by Gasteiger charge is 2.01. The van der Waals surface area contributed by atoms with Gasteiger partial charge in [0.25, 0.3) is 0 Å². The van der Waals surface area contributed by atoms with Gasteiger partial charge in [-0.15, -0.1) is 0 Å². The van der Waals surface area contributed by atoms with Crippen LogP contribution >= 0.6 is 0 Å². The number of hydrogen-bond donors (Lipinski definition) is 1. The van der Waals surface area contributed by atoms with Crippen LogP contribution in [0.2, 0.25) is 0 Å². The van der Waals surface area contributed by atoms with Gasteiger partial charge < -0.3 is 5.73 Å². The molecule has 110 valence electrons. The molecule has 1 heteroatoms. The molecule has 2 N–H and O–H groups in total. The smallest absolute Gasteiger partial charge is 0.0314 e. The van der Waals surface area contributed by atoms with Crippen molar-refractivity contribution in [2.45, 2.75) is 19.8 Å². The van der Waals surface area contributed by atoms with E-state index in [1.165, 1.54) is 27.8 Å². The predicted octanol–water partition coefficient (Wildman–Crippen LogP) is 4.76. The summed E-state index contributed by atoms with van der Waals surface area (Å²) < 4.78 is 0. The highest BCUT2D eigenvalue weighted by Crippen LogP contribution is 2.16. The SMILES string of the molecule is Cc1ccccc1Cc1ccc(Cc2ccc(N)cc2)cc1. The van der Waals surface area contributed by atoms with Crippen LogP contribution < -0.4 is 5.73 Å². The summed E-state index contributed by atoms with van der Waals surface area (Å²) >= 11 is 0. The first kappa shape index (κ1) is 14.4. The lowest BCUT2D eigenvalue weighted by molar-refractivity contribution is 1.13. The van der Waals surface area contributed by atoms with Gasteiger partial charge in [-0.3, -0.25) is 0 Å². The summed E-state index contributed by atoms with van der Waals surface area (Å²) in [6, 6.07) is 25.6. The zero-order chi connectivity index (χ0) is 15.4. The van der Waals surface area contributed by atoms with Crippen LogP contribution in [0.5, 0.6) is 0 Å². The van der Waals surface area contributed by atoms with E-state index in [0.29, 0.717) is 0 Å². The summed E-state index contributed by atoms with van der Waals surface area (Å²) in [5, 5.41) is 0. The summed E-state index contributed by atoms with van der Waals surface area (Å²) in [4.78, 5) is 0. The van der Waals surface area contributed by atoms with Crippen molar-refractivity contribution in [3.05, 3.63) is 101 Å². The Kier molecular flexibility index (Phi) is 4.24. The zero-order valence-corrected chi connectivity index (χ0v) is 12.9. The van der Waals surface area contributed by atoms with E-state index >= 15 is 0 Å². The first-order valence-corrected chi connectivity index (χ1v) is 7.67. The molecular weight excluding hydrogens is 266 g/mol. The van der Waals surface area contributed by atoms with Crippen molar-refractivity contribution in [2.24, 2.45) is 0 Å². The summed E-state index contributed by atoms with van der Waals surface area (Å²) in [5.41, 5.74) is 13.3. The fourth-order valence-electron chi connectivity index (χ4n) is 2.67. The van der Waals surface area contributed by atoms with E-state index in [0.717, 1.165) is 18.5 Å². The van der Waals surface area contributed by atoms with E-state index in [1.807, 2.05) is 12.1 Å². The van der Waals surface area contributed by atoms with Crippen LogP contribution in [0, 0.1) is 6.92 Å². The van der Waals surface area contributed by atoms with Gasteiger partial charge in [-0.25, -0.2) is 0 Å². The molecule has 0 bridgehead atoms. The Morgan fingerprint density at radius 1 is 0.636 bits per heavy atom. The van der Waals surface area contributed by atoms with Crippen LogP contribution in [-0.2, 0) is 12.8 Å². The monoisotopic (exact) mass is 287 g/mol. The molecule has 0 spiro atoms.